The normalized spacial score (nSPS) is 13.1. The summed E-state index contributed by atoms with van der Waals surface area (Å²) < 4.78 is 11.1. The number of alkyl halides is 1. The van der Waals surface area contributed by atoms with Crippen molar-refractivity contribution in [2.75, 3.05) is 6.61 Å². The first-order chi connectivity index (χ1) is 12.1. The summed E-state index contributed by atoms with van der Waals surface area (Å²) in [7, 11) is 0. The molecule has 0 spiro atoms. The minimum atomic E-state index is -0.663. The van der Waals surface area contributed by atoms with E-state index in [2.05, 4.69) is 19.1 Å². The highest BCUT2D eigenvalue weighted by atomic mass is 35.5. The Morgan fingerprint density at radius 2 is 1.72 bits per heavy atom. The molecule has 2 aromatic rings. The predicted octanol–water partition coefficient (Wildman–Crippen LogP) is 5.32. The number of ether oxygens (including phenoxy) is 2. The number of hydrogen-bond acceptors (Lipinski definition) is 3. The van der Waals surface area contributed by atoms with E-state index in [0.29, 0.717) is 13.0 Å². The standard InChI is InChI=1S/C21H25ClO3/c1-3-8-20(17-9-6-5-7-10-17)25-18-13-11-16(12-14-18)15-19(22)21(23)24-4-2/h5-7,9-14,19-20H,3-4,8,15H2,1-2H3. The highest BCUT2D eigenvalue weighted by Crippen LogP contribution is 2.26. The number of carbonyl (C=O) groups is 1. The van der Waals surface area contributed by atoms with E-state index >= 15 is 0 Å². The van der Waals surface area contributed by atoms with Crippen molar-refractivity contribution in [2.24, 2.45) is 0 Å². The molecule has 0 radical (unpaired) electrons. The van der Waals surface area contributed by atoms with Gasteiger partial charge in [-0.25, -0.2) is 0 Å². The number of halogens is 1. The quantitative estimate of drug-likeness (QED) is 0.448. The molecule has 134 valence electrons. The molecule has 2 unspecified atom stereocenters. The maximum absolute atomic E-state index is 11.6. The summed E-state index contributed by atoms with van der Waals surface area (Å²) in [5, 5.41) is -0.663. The van der Waals surface area contributed by atoms with Crippen LogP contribution in [0.4, 0.5) is 0 Å². The highest BCUT2D eigenvalue weighted by Gasteiger charge is 2.17. The van der Waals surface area contributed by atoms with Crippen LogP contribution < -0.4 is 4.74 Å². The average Bonchev–Trinajstić information content (AvgIpc) is 2.64. The van der Waals surface area contributed by atoms with Crippen molar-refractivity contribution in [3.05, 3.63) is 65.7 Å². The van der Waals surface area contributed by atoms with Gasteiger partial charge in [-0.2, -0.15) is 0 Å². The summed E-state index contributed by atoms with van der Waals surface area (Å²) in [6, 6.07) is 18.0. The minimum Gasteiger partial charge on any atom is -0.486 e. The van der Waals surface area contributed by atoms with Gasteiger partial charge >= 0.3 is 5.97 Å². The molecule has 0 heterocycles. The third kappa shape index (κ3) is 6.09. The lowest BCUT2D eigenvalue weighted by Gasteiger charge is -2.19. The molecule has 0 fully saturated rings. The Bertz CT molecular complexity index is 640. The third-order valence-corrected chi connectivity index (χ3v) is 4.21. The predicted molar refractivity (Wildman–Crippen MR) is 101 cm³/mol. The fourth-order valence-electron chi connectivity index (χ4n) is 2.61. The van der Waals surface area contributed by atoms with Gasteiger partial charge in [-0.1, -0.05) is 55.8 Å². The summed E-state index contributed by atoms with van der Waals surface area (Å²) in [6.07, 6.45) is 2.48. The fourth-order valence-corrected chi connectivity index (χ4v) is 2.86. The molecule has 25 heavy (non-hydrogen) atoms. The van der Waals surface area contributed by atoms with Crippen LogP contribution in [0.1, 0.15) is 43.9 Å². The van der Waals surface area contributed by atoms with E-state index < -0.39 is 5.38 Å². The number of hydrogen-bond donors (Lipinski definition) is 0. The molecule has 0 aromatic heterocycles. The second-order valence-electron chi connectivity index (χ2n) is 5.87. The van der Waals surface area contributed by atoms with Crippen LogP contribution in [0.25, 0.3) is 0 Å². The van der Waals surface area contributed by atoms with E-state index in [1.54, 1.807) is 6.92 Å². The second-order valence-corrected chi connectivity index (χ2v) is 6.40. The molecule has 2 rings (SSSR count). The van der Waals surface area contributed by atoms with Crippen LogP contribution >= 0.6 is 11.6 Å². The lowest BCUT2D eigenvalue weighted by atomic mass is 10.0. The monoisotopic (exact) mass is 360 g/mol. The number of esters is 1. The average molecular weight is 361 g/mol. The van der Waals surface area contributed by atoms with Crippen molar-refractivity contribution in [1.29, 1.82) is 0 Å². The highest BCUT2D eigenvalue weighted by molar-refractivity contribution is 6.30. The molecule has 0 saturated heterocycles. The van der Waals surface area contributed by atoms with Gasteiger partial charge in [0.25, 0.3) is 0 Å². The van der Waals surface area contributed by atoms with Crippen molar-refractivity contribution in [2.45, 2.75) is 44.6 Å². The van der Waals surface area contributed by atoms with Gasteiger partial charge in [0.2, 0.25) is 0 Å². The molecule has 0 saturated carbocycles. The van der Waals surface area contributed by atoms with E-state index in [0.717, 1.165) is 24.2 Å². The zero-order valence-corrected chi connectivity index (χ0v) is 15.5. The van der Waals surface area contributed by atoms with Crippen LogP contribution in [0.15, 0.2) is 54.6 Å². The van der Waals surface area contributed by atoms with Crippen molar-refractivity contribution in [3.8, 4) is 5.75 Å². The Morgan fingerprint density at radius 3 is 2.32 bits per heavy atom. The Morgan fingerprint density at radius 1 is 1.04 bits per heavy atom. The van der Waals surface area contributed by atoms with Crippen molar-refractivity contribution in [1.82, 2.24) is 0 Å². The van der Waals surface area contributed by atoms with Crippen LogP contribution in [0.5, 0.6) is 5.75 Å². The molecular formula is C21H25ClO3. The lowest BCUT2D eigenvalue weighted by molar-refractivity contribution is -0.142. The SMILES string of the molecule is CCCC(Oc1ccc(CC(Cl)C(=O)OCC)cc1)c1ccccc1. The molecule has 2 aromatic carbocycles. The number of carbonyl (C=O) groups excluding carboxylic acids is 1. The maximum atomic E-state index is 11.6. The largest absolute Gasteiger partial charge is 0.486 e. The van der Waals surface area contributed by atoms with Crippen LogP contribution in [-0.2, 0) is 16.0 Å². The Balaban J connectivity index is 2.00. The van der Waals surface area contributed by atoms with Crippen LogP contribution in [-0.4, -0.2) is 18.0 Å². The topological polar surface area (TPSA) is 35.5 Å². The zero-order valence-electron chi connectivity index (χ0n) is 14.8. The van der Waals surface area contributed by atoms with Gasteiger partial charge in [0.05, 0.1) is 6.61 Å². The smallest absolute Gasteiger partial charge is 0.324 e. The number of rotatable bonds is 9. The molecular weight excluding hydrogens is 336 g/mol. The second kappa shape index (κ2) is 10.1. The van der Waals surface area contributed by atoms with E-state index in [1.165, 1.54) is 5.56 Å². The first kappa shape index (κ1) is 19.3. The van der Waals surface area contributed by atoms with E-state index in [-0.39, 0.29) is 12.1 Å². The van der Waals surface area contributed by atoms with Crippen LogP contribution in [0.3, 0.4) is 0 Å². The molecule has 0 N–H and O–H groups in total. The van der Waals surface area contributed by atoms with Gasteiger partial charge in [-0.05, 0) is 43.0 Å². The van der Waals surface area contributed by atoms with Crippen molar-refractivity contribution >= 4 is 17.6 Å². The first-order valence-corrected chi connectivity index (χ1v) is 9.19. The fraction of sp³-hybridized carbons (Fsp3) is 0.381. The molecule has 2 atom stereocenters. The molecule has 0 aliphatic rings. The molecule has 0 amide bonds. The third-order valence-electron chi connectivity index (χ3n) is 3.88. The summed E-state index contributed by atoms with van der Waals surface area (Å²) >= 11 is 6.08. The summed E-state index contributed by atoms with van der Waals surface area (Å²) in [6.45, 7) is 4.26. The van der Waals surface area contributed by atoms with Gasteiger partial charge in [-0.15, -0.1) is 11.6 Å². The van der Waals surface area contributed by atoms with E-state index in [9.17, 15) is 4.79 Å². The zero-order chi connectivity index (χ0) is 18.1. The van der Waals surface area contributed by atoms with Gasteiger partial charge in [0.15, 0.2) is 0 Å². The molecule has 4 heteroatoms. The summed E-state index contributed by atoms with van der Waals surface area (Å²) in [5.74, 6) is 0.435. The van der Waals surface area contributed by atoms with E-state index in [4.69, 9.17) is 21.1 Å². The molecule has 0 bridgehead atoms. The first-order valence-electron chi connectivity index (χ1n) is 8.75. The maximum Gasteiger partial charge on any atom is 0.324 e. The number of benzene rings is 2. The van der Waals surface area contributed by atoms with Gasteiger partial charge in [-0.3, -0.25) is 4.79 Å². The summed E-state index contributed by atoms with van der Waals surface area (Å²) in [4.78, 5) is 11.6. The molecule has 0 aliphatic carbocycles. The lowest BCUT2D eigenvalue weighted by Crippen LogP contribution is -2.20. The minimum absolute atomic E-state index is 0.0392. The van der Waals surface area contributed by atoms with Gasteiger partial charge in [0.1, 0.15) is 17.2 Å². The Kier molecular flexibility index (Phi) is 7.80. The van der Waals surface area contributed by atoms with Gasteiger partial charge < -0.3 is 9.47 Å². The molecule has 3 nitrogen and oxygen atoms in total. The Labute approximate surface area is 154 Å². The molecule has 0 aliphatic heterocycles. The van der Waals surface area contributed by atoms with Crippen molar-refractivity contribution < 1.29 is 14.3 Å². The summed E-state index contributed by atoms with van der Waals surface area (Å²) in [5.41, 5.74) is 2.16. The van der Waals surface area contributed by atoms with Gasteiger partial charge in [0, 0.05) is 0 Å². The van der Waals surface area contributed by atoms with Crippen LogP contribution in [0, 0.1) is 0 Å². The Hall–Kier alpha value is -2.00. The van der Waals surface area contributed by atoms with E-state index in [1.807, 2.05) is 42.5 Å². The van der Waals surface area contributed by atoms with Crippen molar-refractivity contribution in [3.63, 3.8) is 0 Å². The van der Waals surface area contributed by atoms with Crippen LogP contribution in [0.2, 0.25) is 0 Å².